The minimum absolute atomic E-state index is 0.255. The number of hydrogen-bond donors (Lipinski definition) is 0. The lowest BCUT2D eigenvalue weighted by Gasteiger charge is -2.21. The smallest absolute Gasteiger partial charge is 0.312 e. The molecule has 0 heterocycles. The standard InChI is InChI=1S/C24H25O3S2/c25-29(26,24-14-8-3-9-15-24)27-20-16-18-23(19-17-20)28(21-10-4-1-5-11-21)22-12-6-2-7-13-22/h1-2,4-7,10-13,16-19,24H,3,8-9,14-15H2/q+1. The summed E-state index contributed by atoms with van der Waals surface area (Å²) >= 11 is 0. The highest BCUT2D eigenvalue weighted by Gasteiger charge is 2.31. The third kappa shape index (κ3) is 4.85. The molecule has 1 fully saturated rings. The molecule has 0 unspecified atom stereocenters. The van der Waals surface area contributed by atoms with Crippen molar-refractivity contribution in [3.63, 3.8) is 0 Å². The van der Waals surface area contributed by atoms with Crippen molar-refractivity contribution in [1.29, 1.82) is 0 Å². The van der Waals surface area contributed by atoms with E-state index in [0.29, 0.717) is 18.6 Å². The number of hydrogen-bond acceptors (Lipinski definition) is 3. The summed E-state index contributed by atoms with van der Waals surface area (Å²) in [5, 5.41) is -0.376. The van der Waals surface area contributed by atoms with Gasteiger partial charge < -0.3 is 4.18 Å². The molecule has 3 aromatic rings. The second kappa shape index (κ2) is 9.06. The first-order valence-electron chi connectivity index (χ1n) is 10.0. The van der Waals surface area contributed by atoms with Crippen molar-refractivity contribution >= 4 is 21.0 Å². The normalized spacial score (nSPS) is 15.3. The van der Waals surface area contributed by atoms with E-state index in [0.717, 1.165) is 24.2 Å². The van der Waals surface area contributed by atoms with E-state index >= 15 is 0 Å². The van der Waals surface area contributed by atoms with E-state index in [9.17, 15) is 8.42 Å². The second-order valence-corrected chi connectivity index (χ2v) is 11.1. The summed E-state index contributed by atoms with van der Waals surface area (Å²) in [5.74, 6) is 0.393. The van der Waals surface area contributed by atoms with Gasteiger partial charge in [-0.25, -0.2) is 0 Å². The Hall–Kier alpha value is -2.24. The molecule has 0 spiro atoms. The fraction of sp³-hybridized carbons (Fsp3) is 0.250. The van der Waals surface area contributed by atoms with Crippen molar-refractivity contribution in [3.8, 4) is 5.75 Å². The van der Waals surface area contributed by atoms with E-state index in [-0.39, 0.29) is 16.1 Å². The minimum Gasteiger partial charge on any atom is -0.382 e. The fourth-order valence-electron chi connectivity index (χ4n) is 3.71. The van der Waals surface area contributed by atoms with Crippen LogP contribution in [-0.4, -0.2) is 13.7 Å². The van der Waals surface area contributed by atoms with E-state index in [2.05, 4.69) is 24.3 Å². The second-order valence-electron chi connectivity index (χ2n) is 7.24. The Morgan fingerprint density at radius 3 is 1.66 bits per heavy atom. The van der Waals surface area contributed by atoms with E-state index in [1.54, 1.807) is 12.1 Å². The molecule has 150 valence electrons. The van der Waals surface area contributed by atoms with E-state index in [4.69, 9.17) is 4.18 Å². The Balaban J connectivity index is 1.59. The Morgan fingerprint density at radius 1 is 0.655 bits per heavy atom. The van der Waals surface area contributed by atoms with Crippen LogP contribution >= 0.6 is 0 Å². The molecule has 1 aliphatic rings. The van der Waals surface area contributed by atoms with Gasteiger partial charge in [0.15, 0.2) is 14.7 Å². The Bertz CT molecular complexity index is 971. The zero-order valence-corrected chi connectivity index (χ0v) is 17.9. The zero-order chi connectivity index (χ0) is 20.1. The summed E-state index contributed by atoms with van der Waals surface area (Å²) in [4.78, 5) is 3.58. The minimum atomic E-state index is -3.57. The molecule has 5 heteroatoms. The van der Waals surface area contributed by atoms with Crippen LogP contribution in [0.15, 0.2) is 99.6 Å². The van der Waals surface area contributed by atoms with Gasteiger partial charge in [0.1, 0.15) is 5.75 Å². The fourth-order valence-corrected chi connectivity index (χ4v) is 7.22. The number of rotatable bonds is 6. The first-order valence-corrected chi connectivity index (χ1v) is 12.7. The van der Waals surface area contributed by atoms with Crippen LogP contribution in [-0.2, 0) is 21.0 Å². The predicted molar refractivity (Wildman–Crippen MR) is 118 cm³/mol. The molecule has 0 amide bonds. The summed E-state index contributed by atoms with van der Waals surface area (Å²) in [6, 6.07) is 28.3. The number of benzene rings is 3. The molecule has 0 N–H and O–H groups in total. The summed E-state index contributed by atoms with van der Waals surface area (Å²) in [6.07, 6.45) is 4.44. The van der Waals surface area contributed by atoms with Crippen molar-refractivity contribution in [2.45, 2.75) is 52.0 Å². The van der Waals surface area contributed by atoms with Crippen molar-refractivity contribution in [2.24, 2.45) is 0 Å². The summed E-state index contributed by atoms with van der Waals surface area (Å²) in [6.45, 7) is 0. The summed E-state index contributed by atoms with van der Waals surface area (Å²) < 4.78 is 30.7. The van der Waals surface area contributed by atoms with Crippen LogP contribution in [0.25, 0.3) is 0 Å². The molecule has 1 saturated carbocycles. The first-order chi connectivity index (χ1) is 14.1. The van der Waals surface area contributed by atoms with Gasteiger partial charge >= 0.3 is 10.1 Å². The van der Waals surface area contributed by atoms with Gasteiger partial charge in [0.25, 0.3) is 0 Å². The van der Waals surface area contributed by atoms with Crippen LogP contribution in [0.1, 0.15) is 32.1 Å². The van der Waals surface area contributed by atoms with Gasteiger partial charge in [-0.3, -0.25) is 0 Å². The van der Waals surface area contributed by atoms with E-state index in [1.165, 1.54) is 9.79 Å². The molecule has 3 nitrogen and oxygen atoms in total. The van der Waals surface area contributed by atoms with Gasteiger partial charge in [0, 0.05) is 0 Å². The van der Waals surface area contributed by atoms with Gasteiger partial charge in [-0.1, -0.05) is 55.7 Å². The van der Waals surface area contributed by atoms with Crippen molar-refractivity contribution in [1.82, 2.24) is 0 Å². The zero-order valence-electron chi connectivity index (χ0n) is 16.2. The van der Waals surface area contributed by atoms with Crippen LogP contribution in [0.4, 0.5) is 0 Å². The van der Waals surface area contributed by atoms with Gasteiger partial charge in [0.2, 0.25) is 0 Å². The van der Waals surface area contributed by atoms with Crippen LogP contribution < -0.4 is 4.18 Å². The van der Waals surface area contributed by atoms with Crippen LogP contribution in [0, 0.1) is 0 Å². The maximum Gasteiger partial charge on any atom is 0.312 e. The molecule has 1 aliphatic carbocycles. The highest BCUT2D eigenvalue weighted by atomic mass is 32.2. The molecular formula is C24H25O3S2+. The lowest BCUT2D eigenvalue weighted by molar-refractivity contribution is 0.429. The molecule has 4 rings (SSSR count). The van der Waals surface area contributed by atoms with Gasteiger partial charge in [0.05, 0.1) is 16.1 Å². The molecule has 3 aromatic carbocycles. The van der Waals surface area contributed by atoms with Crippen LogP contribution in [0.2, 0.25) is 0 Å². The Labute approximate surface area is 176 Å². The molecule has 0 aliphatic heterocycles. The highest BCUT2D eigenvalue weighted by molar-refractivity contribution is 7.97. The maximum atomic E-state index is 12.6. The summed E-state index contributed by atoms with van der Waals surface area (Å²) in [7, 11) is -3.83. The van der Waals surface area contributed by atoms with Crippen molar-refractivity contribution in [3.05, 3.63) is 84.9 Å². The monoisotopic (exact) mass is 425 g/mol. The molecule has 29 heavy (non-hydrogen) atoms. The third-order valence-electron chi connectivity index (χ3n) is 5.19. The first kappa shape index (κ1) is 20.0. The lowest BCUT2D eigenvalue weighted by atomic mass is 10.0. The largest absolute Gasteiger partial charge is 0.382 e. The SMILES string of the molecule is O=S(=O)(Oc1ccc([S+](c2ccccc2)c2ccccc2)cc1)C1CCCCC1. The molecular weight excluding hydrogens is 400 g/mol. The highest BCUT2D eigenvalue weighted by Crippen LogP contribution is 2.33. The quantitative estimate of drug-likeness (QED) is 0.369. The Morgan fingerprint density at radius 2 is 1.14 bits per heavy atom. The van der Waals surface area contributed by atoms with E-state index in [1.807, 2.05) is 48.5 Å². The van der Waals surface area contributed by atoms with Gasteiger partial charge in [-0.05, 0) is 61.4 Å². The molecule has 0 aromatic heterocycles. The topological polar surface area (TPSA) is 43.4 Å². The average molecular weight is 426 g/mol. The van der Waals surface area contributed by atoms with Crippen molar-refractivity contribution < 1.29 is 12.6 Å². The maximum absolute atomic E-state index is 12.6. The van der Waals surface area contributed by atoms with Gasteiger partial charge in [-0.15, -0.1) is 0 Å². The van der Waals surface area contributed by atoms with Crippen molar-refractivity contribution in [2.75, 3.05) is 0 Å². The molecule has 0 atom stereocenters. The summed E-state index contributed by atoms with van der Waals surface area (Å²) in [5.41, 5.74) is 0. The van der Waals surface area contributed by atoms with Crippen LogP contribution in [0.3, 0.4) is 0 Å². The average Bonchev–Trinajstić information content (AvgIpc) is 2.77. The predicted octanol–water partition coefficient (Wildman–Crippen LogP) is 5.82. The Kier molecular flexibility index (Phi) is 6.26. The molecule has 0 radical (unpaired) electrons. The van der Waals surface area contributed by atoms with E-state index < -0.39 is 10.1 Å². The lowest BCUT2D eigenvalue weighted by Crippen LogP contribution is -2.28. The van der Waals surface area contributed by atoms with Crippen LogP contribution in [0.5, 0.6) is 5.75 Å². The third-order valence-corrected chi connectivity index (χ3v) is 9.13. The van der Waals surface area contributed by atoms with Gasteiger partial charge in [-0.2, -0.15) is 8.42 Å². The molecule has 0 saturated heterocycles. The molecule has 0 bridgehead atoms.